The van der Waals surface area contributed by atoms with Crippen LogP contribution in [0.25, 0.3) is 11.0 Å². The van der Waals surface area contributed by atoms with Gasteiger partial charge in [-0.05, 0) is 19.1 Å². The minimum Gasteiger partial charge on any atom is -0.460 e. The van der Waals surface area contributed by atoms with Gasteiger partial charge in [0.05, 0.1) is 18.5 Å². The van der Waals surface area contributed by atoms with Crippen molar-refractivity contribution in [2.45, 2.75) is 13.5 Å². The van der Waals surface area contributed by atoms with E-state index in [-0.39, 0.29) is 6.61 Å². The van der Waals surface area contributed by atoms with Crippen LogP contribution in [0.3, 0.4) is 0 Å². The predicted molar refractivity (Wildman–Crippen MR) is 44.7 cm³/mol. The van der Waals surface area contributed by atoms with E-state index in [9.17, 15) is 0 Å². The molecule has 2 rings (SSSR count). The van der Waals surface area contributed by atoms with E-state index in [1.807, 2.05) is 19.1 Å². The summed E-state index contributed by atoms with van der Waals surface area (Å²) < 4.78 is 5.32. The molecule has 3 nitrogen and oxygen atoms in total. The topological polar surface area (TPSA) is 46.3 Å². The first-order valence-electron chi connectivity index (χ1n) is 3.75. The van der Waals surface area contributed by atoms with Crippen molar-refractivity contribution >= 4 is 11.0 Å². The van der Waals surface area contributed by atoms with E-state index in [0.29, 0.717) is 5.69 Å². The highest BCUT2D eigenvalue weighted by Crippen LogP contribution is 2.18. The van der Waals surface area contributed by atoms with Gasteiger partial charge in [-0.2, -0.15) is 0 Å². The number of rotatable bonds is 1. The molecule has 0 spiro atoms. The summed E-state index contributed by atoms with van der Waals surface area (Å²) in [7, 11) is 0. The van der Waals surface area contributed by atoms with Crippen LogP contribution in [0, 0.1) is 6.92 Å². The molecule has 2 aromatic rings. The number of fused-ring (bicyclic) bond motifs is 1. The Morgan fingerprint density at radius 3 is 3.08 bits per heavy atom. The zero-order valence-electron chi connectivity index (χ0n) is 6.74. The fourth-order valence-electron chi connectivity index (χ4n) is 1.21. The lowest BCUT2D eigenvalue weighted by molar-refractivity contribution is 0.277. The van der Waals surface area contributed by atoms with Crippen molar-refractivity contribution in [3.63, 3.8) is 0 Å². The van der Waals surface area contributed by atoms with E-state index in [4.69, 9.17) is 9.52 Å². The molecule has 62 valence electrons. The van der Waals surface area contributed by atoms with Gasteiger partial charge in [0.2, 0.25) is 0 Å². The quantitative estimate of drug-likeness (QED) is 0.695. The molecule has 0 aliphatic rings. The Bertz CT molecular complexity index is 406. The fourth-order valence-corrected chi connectivity index (χ4v) is 1.21. The molecule has 1 N–H and O–H groups in total. The standard InChI is InChI=1S/C9H9NO2/c1-6-2-7-3-8(5-11)10-4-9(7)12-6/h2-4,11H,5H2,1H3. The van der Waals surface area contributed by atoms with Crippen molar-refractivity contribution in [2.24, 2.45) is 0 Å². The molecule has 0 radical (unpaired) electrons. The maximum Gasteiger partial charge on any atom is 0.152 e. The number of nitrogens with zero attached hydrogens (tertiary/aromatic N) is 1. The summed E-state index contributed by atoms with van der Waals surface area (Å²) in [4.78, 5) is 3.99. The third kappa shape index (κ3) is 1.08. The van der Waals surface area contributed by atoms with Gasteiger partial charge in [0.25, 0.3) is 0 Å². The zero-order chi connectivity index (χ0) is 8.55. The van der Waals surface area contributed by atoms with Gasteiger partial charge in [0.1, 0.15) is 5.76 Å². The van der Waals surface area contributed by atoms with Crippen LogP contribution in [0.1, 0.15) is 11.5 Å². The fraction of sp³-hybridized carbons (Fsp3) is 0.222. The van der Waals surface area contributed by atoms with Crippen molar-refractivity contribution < 1.29 is 9.52 Å². The SMILES string of the molecule is Cc1cc2cc(CO)ncc2o1. The van der Waals surface area contributed by atoms with E-state index in [2.05, 4.69) is 4.98 Å². The van der Waals surface area contributed by atoms with E-state index < -0.39 is 0 Å². The van der Waals surface area contributed by atoms with E-state index >= 15 is 0 Å². The molecule has 2 aromatic heterocycles. The average Bonchev–Trinajstić information content (AvgIpc) is 2.43. The van der Waals surface area contributed by atoms with Gasteiger partial charge in [-0.25, -0.2) is 0 Å². The number of hydrogen-bond donors (Lipinski definition) is 1. The van der Waals surface area contributed by atoms with Gasteiger partial charge in [0.15, 0.2) is 5.58 Å². The zero-order valence-corrected chi connectivity index (χ0v) is 6.74. The van der Waals surface area contributed by atoms with Gasteiger partial charge in [0, 0.05) is 5.39 Å². The van der Waals surface area contributed by atoms with Gasteiger partial charge in [-0.3, -0.25) is 4.98 Å². The number of aromatic nitrogens is 1. The number of hydrogen-bond acceptors (Lipinski definition) is 3. The smallest absolute Gasteiger partial charge is 0.152 e. The number of aliphatic hydroxyl groups is 1. The Labute approximate surface area is 69.7 Å². The van der Waals surface area contributed by atoms with E-state index in [0.717, 1.165) is 16.7 Å². The number of furan rings is 1. The second-order valence-corrected chi connectivity index (χ2v) is 2.73. The van der Waals surface area contributed by atoms with Crippen molar-refractivity contribution in [3.05, 3.63) is 29.8 Å². The molecule has 0 saturated heterocycles. The largest absolute Gasteiger partial charge is 0.460 e. The summed E-state index contributed by atoms with van der Waals surface area (Å²) in [6.45, 7) is 1.86. The first kappa shape index (κ1) is 7.31. The van der Waals surface area contributed by atoms with Crippen LogP contribution in [0.2, 0.25) is 0 Å². The van der Waals surface area contributed by atoms with Crippen molar-refractivity contribution in [2.75, 3.05) is 0 Å². The molecule has 0 fully saturated rings. The van der Waals surface area contributed by atoms with Gasteiger partial charge in [-0.1, -0.05) is 0 Å². The minimum absolute atomic E-state index is 0.0276. The third-order valence-electron chi connectivity index (χ3n) is 1.75. The predicted octanol–water partition coefficient (Wildman–Crippen LogP) is 1.63. The molecule has 12 heavy (non-hydrogen) atoms. The van der Waals surface area contributed by atoms with Crippen LogP contribution in [0.5, 0.6) is 0 Å². The molecule has 0 aromatic carbocycles. The van der Waals surface area contributed by atoms with E-state index in [1.54, 1.807) is 6.20 Å². The van der Waals surface area contributed by atoms with E-state index in [1.165, 1.54) is 0 Å². The molecular weight excluding hydrogens is 154 g/mol. The molecule has 0 amide bonds. The number of aryl methyl sites for hydroxylation is 1. The van der Waals surface area contributed by atoms with Crippen LogP contribution in [-0.4, -0.2) is 10.1 Å². The maximum absolute atomic E-state index is 8.81. The Morgan fingerprint density at radius 2 is 2.33 bits per heavy atom. The Balaban J connectivity index is 2.66. The molecule has 0 atom stereocenters. The van der Waals surface area contributed by atoms with Crippen LogP contribution >= 0.6 is 0 Å². The lowest BCUT2D eigenvalue weighted by Crippen LogP contribution is -1.85. The first-order valence-corrected chi connectivity index (χ1v) is 3.75. The van der Waals surface area contributed by atoms with Crippen molar-refractivity contribution in [1.29, 1.82) is 0 Å². The summed E-state index contributed by atoms with van der Waals surface area (Å²) in [5.41, 5.74) is 1.44. The highest BCUT2D eigenvalue weighted by Gasteiger charge is 2.01. The summed E-state index contributed by atoms with van der Waals surface area (Å²) >= 11 is 0. The molecule has 0 bridgehead atoms. The molecular formula is C9H9NO2. The van der Waals surface area contributed by atoms with Crippen LogP contribution in [-0.2, 0) is 6.61 Å². The van der Waals surface area contributed by atoms with Crippen molar-refractivity contribution in [1.82, 2.24) is 4.98 Å². The average molecular weight is 163 g/mol. The summed E-state index contributed by atoms with van der Waals surface area (Å²) in [6.07, 6.45) is 1.63. The van der Waals surface area contributed by atoms with Gasteiger partial charge < -0.3 is 9.52 Å². The maximum atomic E-state index is 8.81. The lowest BCUT2D eigenvalue weighted by Gasteiger charge is -1.92. The summed E-state index contributed by atoms with van der Waals surface area (Å²) in [6, 6.07) is 3.75. The lowest BCUT2D eigenvalue weighted by atomic mass is 10.2. The number of aliphatic hydroxyl groups excluding tert-OH is 1. The normalized spacial score (nSPS) is 10.8. The Morgan fingerprint density at radius 1 is 1.50 bits per heavy atom. The highest BCUT2D eigenvalue weighted by atomic mass is 16.3. The second-order valence-electron chi connectivity index (χ2n) is 2.73. The molecule has 0 saturated carbocycles. The minimum atomic E-state index is -0.0276. The second kappa shape index (κ2) is 2.60. The van der Waals surface area contributed by atoms with Crippen molar-refractivity contribution in [3.8, 4) is 0 Å². The Kier molecular flexibility index (Phi) is 1.59. The molecule has 0 aliphatic carbocycles. The van der Waals surface area contributed by atoms with Crippen LogP contribution in [0.4, 0.5) is 0 Å². The monoisotopic (exact) mass is 163 g/mol. The summed E-state index contributed by atoms with van der Waals surface area (Å²) in [5, 5.41) is 9.80. The molecule has 3 heteroatoms. The third-order valence-corrected chi connectivity index (χ3v) is 1.75. The first-order chi connectivity index (χ1) is 5.79. The van der Waals surface area contributed by atoms with Gasteiger partial charge >= 0.3 is 0 Å². The highest BCUT2D eigenvalue weighted by molar-refractivity contribution is 5.77. The summed E-state index contributed by atoms with van der Waals surface area (Å²) in [5.74, 6) is 0.863. The number of pyridine rings is 1. The van der Waals surface area contributed by atoms with Crippen LogP contribution < -0.4 is 0 Å². The Hall–Kier alpha value is -1.35. The van der Waals surface area contributed by atoms with Gasteiger partial charge in [-0.15, -0.1) is 0 Å². The molecule has 0 unspecified atom stereocenters. The van der Waals surface area contributed by atoms with Crippen LogP contribution in [0.15, 0.2) is 22.7 Å². The molecule has 2 heterocycles. The molecule has 0 aliphatic heterocycles.